The van der Waals surface area contributed by atoms with Crippen molar-refractivity contribution in [1.29, 1.82) is 0 Å². The number of rotatable bonds is 10. The fraction of sp³-hybridized carbons (Fsp3) is 0.462. The van der Waals surface area contributed by atoms with Crippen LogP contribution in [0, 0.1) is 23.6 Å². The van der Waals surface area contributed by atoms with Crippen molar-refractivity contribution in [3.63, 3.8) is 0 Å². The number of hydrogen-bond donors (Lipinski definition) is 0. The number of hydrogen-bond acceptors (Lipinski definition) is 5. The van der Waals surface area contributed by atoms with Crippen LogP contribution in [0.4, 0.5) is 4.39 Å². The molecule has 2 aromatic carbocycles. The zero-order valence-corrected chi connectivity index (χ0v) is 21.6. The maximum atomic E-state index is 14.1. The van der Waals surface area contributed by atoms with E-state index in [-0.39, 0.29) is 24.2 Å². The first kappa shape index (κ1) is 23.7. The van der Waals surface area contributed by atoms with Gasteiger partial charge in [0.25, 0.3) is 0 Å². The van der Waals surface area contributed by atoms with Crippen molar-refractivity contribution in [2.45, 2.75) is 50.4 Å². The monoisotopic (exact) mass is 545 g/mol. The summed E-state index contributed by atoms with van der Waals surface area (Å²) in [6.07, 6.45) is 5.31. The van der Waals surface area contributed by atoms with Crippen molar-refractivity contribution in [1.82, 2.24) is 14.8 Å². The maximum absolute atomic E-state index is 14.1. The number of para-hydroxylation sites is 1. The molecule has 5 nitrogen and oxygen atoms in total. The van der Waals surface area contributed by atoms with Gasteiger partial charge in [0.1, 0.15) is 12.4 Å². The van der Waals surface area contributed by atoms with Gasteiger partial charge in [0.15, 0.2) is 22.5 Å². The molecule has 0 radical (unpaired) electrons. The highest BCUT2D eigenvalue weighted by Crippen LogP contribution is 2.52. The summed E-state index contributed by atoms with van der Waals surface area (Å²) in [6, 6.07) is 14.6. The van der Waals surface area contributed by atoms with Crippen LogP contribution in [0.3, 0.4) is 0 Å². The molecule has 1 heterocycles. The van der Waals surface area contributed by atoms with E-state index in [0.29, 0.717) is 12.5 Å². The Morgan fingerprint density at radius 3 is 2.76 bits per heavy atom. The van der Waals surface area contributed by atoms with Crippen molar-refractivity contribution in [2.24, 2.45) is 17.8 Å². The predicted octanol–water partition coefficient (Wildman–Crippen LogP) is 6.93. The van der Waals surface area contributed by atoms with Crippen LogP contribution in [-0.4, -0.2) is 27.1 Å². The van der Waals surface area contributed by atoms with Crippen molar-refractivity contribution in [2.75, 3.05) is 12.4 Å². The Hall–Kier alpha value is -2.06. The third-order valence-corrected chi connectivity index (χ3v) is 8.53. The molecule has 8 heteroatoms. The average molecular weight is 547 g/mol. The Morgan fingerprint density at radius 1 is 1.12 bits per heavy atom. The molecule has 0 N–H and O–H groups in total. The van der Waals surface area contributed by atoms with Crippen LogP contribution < -0.4 is 9.47 Å². The summed E-state index contributed by atoms with van der Waals surface area (Å²) in [7, 11) is 0. The van der Waals surface area contributed by atoms with Gasteiger partial charge in [0, 0.05) is 16.3 Å². The zero-order chi connectivity index (χ0) is 23.5. The summed E-state index contributed by atoms with van der Waals surface area (Å²) in [4.78, 5) is 0. The molecular weight excluding hydrogens is 517 g/mol. The minimum absolute atomic E-state index is 0.189. The summed E-state index contributed by atoms with van der Waals surface area (Å²) in [5.74, 6) is 4.47. The van der Waals surface area contributed by atoms with E-state index in [2.05, 4.69) is 37.6 Å². The number of nitrogens with zero attached hydrogens (tertiary/aromatic N) is 3. The summed E-state index contributed by atoms with van der Waals surface area (Å²) in [5, 5.41) is 9.84. The topological polar surface area (TPSA) is 49.2 Å². The summed E-state index contributed by atoms with van der Waals surface area (Å²) in [6.45, 7) is 3.04. The van der Waals surface area contributed by atoms with Gasteiger partial charge in [0.05, 0.1) is 6.61 Å². The van der Waals surface area contributed by atoms with Gasteiger partial charge in [-0.15, -0.1) is 10.2 Å². The molecule has 2 fully saturated rings. The van der Waals surface area contributed by atoms with E-state index >= 15 is 0 Å². The predicted molar refractivity (Wildman–Crippen MR) is 135 cm³/mol. The van der Waals surface area contributed by atoms with Crippen molar-refractivity contribution in [3.05, 3.63) is 64.6 Å². The highest BCUT2D eigenvalue weighted by molar-refractivity contribution is 9.10. The van der Waals surface area contributed by atoms with Crippen LogP contribution in [0.2, 0.25) is 0 Å². The minimum Gasteiger partial charge on any atom is -0.493 e. The van der Waals surface area contributed by atoms with Crippen molar-refractivity contribution in [3.8, 4) is 11.5 Å². The van der Waals surface area contributed by atoms with Gasteiger partial charge in [-0.2, -0.15) is 0 Å². The van der Waals surface area contributed by atoms with Crippen LogP contribution in [0.25, 0.3) is 0 Å². The molecule has 0 spiro atoms. The summed E-state index contributed by atoms with van der Waals surface area (Å²) >= 11 is 5.12. The number of fused-ring (bicyclic) bond motifs is 2. The van der Waals surface area contributed by atoms with Gasteiger partial charge < -0.3 is 9.47 Å². The molecule has 2 aliphatic carbocycles. The molecule has 2 aliphatic rings. The number of aromatic nitrogens is 3. The van der Waals surface area contributed by atoms with E-state index < -0.39 is 0 Å². The Balaban J connectivity index is 1.29. The fourth-order valence-electron chi connectivity index (χ4n) is 5.54. The lowest BCUT2D eigenvalue weighted by molar-refractivity contribution is 0.215. The largest absolute Gasteiger partial charge is 0.493 e. The lowest BCUT2D eigenvalue weighted by atomic mass is 9.84. The lowest BCUT2D eigenvalue weighted by Gasteiger charge is -2.30. The SMILES string of the molecule is C[C@@H]([C@@H]1C[C@@H]2CC[C@@H]1C2)n1c(COc2ccccc2F)nnc1SCCOc1cccc(Br)c1. The molecule has 1 aromatic heterocycles. The van der Waals surface area contributed by atoms with E-state index in [1.807, 2.05) is 24.3 Å². The first-order valence-corrected chi connectivity index (χ1v) is 13.7. The van der Waals surface area contributed by atoms with E-state index in [4.69, 9.17) is 9.47 Å². The number of halogens is 2. The van der Waals surface area contributed by atoms with Gasteiger partial charge in [-0.05, 0) is 74.3 Å². The number of ether oxygens (including phenoxy) is 2. The standard InChI is InChI=1S/C26H29BrFN3O2S/c1-17(22-14-18-9-10-19(22)13-18)31-25(16-33-24-8-3-2-7-23(24)28)29-30-26(31)34-12-11-32-21-6-4-5-20(27)15-21/h2-8,15,17-19,22H,9-14,16H2,1H3/t17-,18+,19+,22-/m0/s1. The highest BCUT2D eigenvalue weighted by Gasteiger charge is 2.43. The van der Waals surface area contributed by atoms with Crippen LogP contribution >= 0.6 is 27.7 Å². The molecule has 5 rings (SSSR count). The second kappa shape index (κ2) is 10.7. The Morgan fingerprint density at radius 2 is 2.00 bits per heavy atom. The normalized spacial score (nSPS) is 22.1. The lowest BCUT2D eigenvalue weighted by Crippen LogP contribution is -2.24. The van der Waals surface area contributed by atoms with E-state index in [1.165, 1.54) is 31.7 Å². The average Bonchev–Trinajstić information content (AvgIpc) is 3.57. The third-order valence-electron chi connectivity index (χ3n) is 7.13. The van der Waals surface area contributed by atoms with E-state index in [0.717, 1.165) is 38.8 Å². The first-order valence-electron chi connectivity index (χ1n) is 11.9. The Bertz CT molecular complexity index is 1130. The molecule has 4 atom stereocenters. The quantitative estimate of drug-likeness (QED) is 0.204. The molecular formula is C26H29BrFN3O2S. The summed E-state index contributed by atoms with van der Waals surface area (Å²) in [5.41, 5.74) is 0. The molecule has 0 amide bonds. The summed E-state index contributed by atoms with van der Waals surface area (Å²) < 4.78 is 29.0. The van der Waals surface area contributed by atoms with Crippen LogP contribution in [0.1, 0.15) is 44.5 Å². The second-order valence-electron chi connectivity index (χ2n) is 9.22. The van der Waals surface area contributed by atoms with Crippen molar-refractivity contribution >= 4 is 27.7 Å². The molecule has 180 valence electrons. The van der Waals surface area contributed by atoms with Gasteiger partial charge in [-0.3, -0.25) is 4.57 Å². The van der Waals surface area contributed by atoms with Crippen molar-refractivity contribution < 1.29 is 13.9 Å². The maximum Gasteiger partial charge on any atom is 0.191 e. The first-order chi connectivity index (χ1) is 16.6. The Kier molecular flexibility index (Phi) is 7.44. The Labute approximate surface area is 212 Å². The highest BCUT2D eigenvalue weighted by atomic mass is 79.9. The molecule has 2 saturated carbocycles. The van der Waals surface area contributed by atoms with Gasteiger partial charge in [-0.1, -0.05) is 52.3 Å². The number of thioether (sulfide) groups is 1. The minimum atomic E-state index is -0.367. The molecule has 34 heavy (non-hydrogen) atoms. The zero-order valence-electron chi connectivity index (χ0n) is 19.2. The third kappa shape index (κ3) is 5.28. The number of benzene rings is 2. The van der Waals surface area contributed by atoms with Gasteiger partial charge in [-0.25, -0.2) is 4.39 Å². The van der Waals surface area contributed by atoms with Crippen LogP contribution in [0.15, 0.2) is 58.2 Å². The van der Waals surface area contributed by atoms with E-state index in [9.17, 15) is 4.39 Å². The fourth-order valence-corrected chi connectivity index (χ4v) is 6.78. The second-order valence-corrected chi connectivity index (χ2v) is 11.2. The molecule has 0 aliphatic heterocycles. The molecule has 0 unspecified atom stereocenters. The van der Waals surface area contributed by atoms with Gasteiger partial charge >= 0.3 is 0 Å². The van der Waals surface area contributed by atoms with Crippen LogP contribution in [0.5, 0.6) is 11.5 Å². The van der Waals surface area contributed by atoms with Gasteiger partial charge in [0.2, 0.25) is 0 Å². The van der Waals surface area contributed by atoms with Crippen LogP contribution in [-0.2, 0) is 6.61 Å². The molecule has 2 bridgehead atoms. The molecule has 0 saturated heterocycles. The molecule has 3 aromatic rings. The smallest absolute Gasteiger partial charge is 0.191 e. The van der Waals surface area contributed by atoms with E-state index in [1.54, 1.807) is 30.0 Å².